The van der Waals surface area contributed by atoms with E-state index in [0.29, 0.717) is 11.8 Å². The van der Waals surface area contributed by atoms with Gasteiger partial charge in [-0.2, -0.15) is 0 Å². The van der Waals surface area contributed by atoms with E-state index in [-0.39, 0.29) is 6.10 Å². The van der Waals surface area contributed by atoms with E-state index in [9.17, 15) is 5.11 Å². The summed E-state index contributed by atoms with van der Waals surface area (Å²) >= 11 is 0. The van der Waals surface area contributed by atoms with E-state index in [1.165, 1.54) is 30.4 Å². The Hall–Kier alpha value is -0.820. The zero-order valence-electron chi connectivity index (χ0n) is 14.4. The van der Waals surface area contributed by atoms with Crippen LogP contribution >= 0.6 is 0 Å². The van der Waals surface area contributed by atoms with Crippen molar-refractivity contribution in [2.75, 3.05) is 0 Å². The van der Waals surface area contributed by atoms with Crippen LogP contribution in [0.15, 0.2) is 36.0 Å². The molecule has 4 atom stereocenters. The van der Waals surface area contributed by atoms with Crippen LogP contribution in [0.4, 0.5) is 0 Å². The first-order chi connectivity index (χ1) is 10.0. The molecule has 0 bridgehead atoms. The Kier molecular flexibility index (Phi) is 8.03. The molecule has 1 aliphatic rings. The van der Waals surface area contributed by atoms with Gasteiger partial charge in [0.15, 0.2) is 0 Å². The van der Waals surface area contributed by atoms with Crippen molar-refractivity contribution >= 4 is 0 Å². The molecule has 1 saturated carbocycles. The standard InChI is InChI=1S/C20H34O/c1-6-9-20(17-12-10-15(4)14-17)19(8-3)16(5)11-13-18(21)7-2/h6,8-9,15-18,21H,3,7,10-14H2,1-2,4-5H3/b9-6-,20-19-. The third kappa shape index (κ3) is 5.47. The molecule has 120 valence electrons. The van der Waals surface area contributed by atoms with Gasteiger partial charge in [0, 0.05) is 0 Å². The minimum Gasteiger partial charge on any atom is -0.393 e. The van der Waals surface area contributed by atoms with E-state index in [1.54, 1.807) is 0 Å². The summed E-state index contributed by atoms with van der Waals surface area (Å²) < 4.78 is 0. The summed E-state index contributed by atoms with van der Waals surface area (Å²) in [6.45, 7) is 12.9. The Morgan fingerprint density at radius 3 is 2.52 bits per heavy atom. The van der Waals surface area contributed by atoms with Gasteiger partial charge in [-0.15, -0.1) is 0 Å². The van der Waals surface area contributed by atoms with Crippen LogP contribution < -0.4 is 0 Å². The van der Waals surface area contributed by atoms with Crippen molar-refractivity contribution in [3.05, 3.63) is 36.0 Å². The second-order valence-electron chi connectivity index (χ2n) is 6.77. The lowest BCUT2D eigenvalue weighted by atomic mass is 9.84. The summed E-state index contributed by atoms with van der Waals surface area (Å²) in [5, 5.41) is 9.79. The first-order valence-corrected chi connectivity index (χ1v) is 8.70. The predicted molar refractivity (Wildman–Crippen MR) is 93.2 cm³/mol. The molecule has 1 rings (SSSR count). The highest BCUT2D eigenvalue weighted by molar-refractivity contribution is 5.36. The second kappa shape index (κ2) is 9.25. The Bertz CT molecular complexity index is 377. The molecule has 0 aliphatic heterocycles. The molecule has 4 unspecified atom stereocenters. The monoisotopic (exact) mass is 290 g/mol. The molecule has 0 aromatic carbocycles. The number of aliphatic hydroxyl groups excluding tert-OH is 1. The topological polar surface area (TPSA) is 20.2 Å². The van der Waals surface area contributed by atoms with Crippen LogP contribution in [0.2, 0.25) is 0 Å². The molecular weight excluding hydrogens is 256 g/mol. The molecule has 0 spiro atoms. The summed E-state index contributed by atoms with van der Waals surface area (Å²) in [7, 11) is 0. The van der Waals surface area contributed by atoms with Crippen LogP contribution in [0.1, 0.15) is 66.2 Å². The van der Waals surface area contributed by atoms with Crippen LogP contribution in [0, 0.1) is 17.8 Å². The fourth-order valence-electron chi connectivity index (χ4n) is 3.54. The predicted octanol–water partition coefficient (Wildman–Crippen LogP) is 5.67. The molecule has 1 N–H and O–H groups in total. The Morgan fingerprint density at radius 1 is 1.33 bits per heavy atom. The Labute approximate surface area is 131 Å². The lowest BCUT2D eigenvalue weighted by Gasteiger charge is -2.22. The minimum absolute atomic E-state index is 0.157. The normalized spacial score (nSPS) is 26.7. The van der Waals surface area contributed by atoms with E-state index in [0.717, 1.165) is 25.2 Å². The summed E-state index contributed by atoms with van der Waals surface area (Å²) in [5.41, 5.74) is 2.89. The molecule has 21 heavy (non-hydrogen) atoms. The summed E-state index contributed by atoms with van der Waals surface area (Å²) in [4.78, 5) is 0. The molecule has 0 aromatic rings. The maximum absolute atomic E-state index is 9.79. The molecule has 1 nitrogen and oxygen atoms in total. The average Bonchev–Trinajstić information content (AvgIpc) is 2.90. The smallest absolute Gasteiger partial charge is 0.0537 e. The number of hydrogen-bond acceptors (Lipinski definition) is 1. The van der Waals surface area contributed by atoms with Gasteiger partial charge in [-0.05, 0) is 67.9 Å². The van der Waals surface area contributed by atoms with Gasteiger partial charge in [0.2, 0.25) is 0 Å². The van der Waals surface area contributed by atoms with Crippen molar-refractivity contribution in [1.29, 1.82) is 0 Å². The van der Waals surface area contributed by atoms with Crippen molar-refractivity contribution < 1.29 is 5.11 Å². The molecule has 0 heterocycles. The Morgan fingerprint density at radius 2 is 2.05 bits per heavy atom. The quantitative estimate of drug-likeness (QED) is 0.571. The van der Waals surface area contributed by atoms with Crippen molar-refractivity contribution in [2.45, 2.75) is 72.3 Å². The van der Waals surface area contributed by atoms with Crippen molar-refractivity contribution in [3.63, 3.8) is 0 Å². The van der Waals surface area contributed by atoms with Crippen molar-refractivity contribution in [3.8, 4) is 0 Å². The SMILES string of the molecule is C=C/C(=C(\C=C/C)C1CCC(C)C1)C(C)CCC(O)CC. The third-order valence-electron chi connectivity index (χ3n) is 4.97. The van der Waals surface area contributed by atoms with Gasteiger partial charge >= 0.3 is 0 Å². The van der Waals surface area contributed by atoms with E-state index in [1.807, 2.05) is 6.92 Å². The van der Waals surface area contributed by atoms with Gasteiger partial charge in [-0.25, -0.2) is 0 Å². The van der Waals surface area contributed by atoms with Crippen LogP contribution in [0.5, 0.6) is 0 Å². The van der Waals surface area contributed by atoms with Crippen molar-refractivity contribution in [2.24, 2.45) is 17.8 Å². The lowest BCUT2D eigenvalue weighted by Crippen LogP contribution is -2.11. The molecule has 0 aromatic heterocycles. The zero-order chi connectivity index (χ0) is 15.8. The van der Waals surface area contributed by atoms with E-state index in [4.69, 9.17) is 0 Å². The molecule has 1 heteroatoms. The largest absolute Gasteiger partial charge is 0.393 e. The fourth-order valence-corrected chi connectivity index (χ4v) is 3.54. The molecule has 1 aliphatic carbocycles. The lowest BCUT2D eigenvalue weighted by molar-refractivity contribution is 0.153. The first-order valence-electron chi connectivity index (χ1n) is 8.70. The average molecular weight is 290 g/mol. The third-order valence-corrected chi connectivity index (χ3v) is 4.97. The zero-order valence-corrected chi connectivity index (χ0v) is 14.4. The fraction of sp³-hybridized carbons (Fsp3) is 0.700. The molecule has 0 amide bonds. The molecule has 0 saturated heterocycles. The van der Waals surface area contributed by atoms with E-state index < -0.39 is 0 Å². The summed E-state index contributed by atoms with van der Waals surface area (Å²) in [6.07, 6.45) is 13.1. The highest BCUT2D eigenvalue weighted by Crippen LogP contribution is 2.39. The molecule has 1 fully saturated rings. The maximum Gasteiger partial charge on any atom is 0.0537 e. The van der Waals surface area contributed by atoms with E-state index in [2.05, 4.69) is 45.6 Å². The second-order valence-corrected chi connectivity index (χ2v) is 6.77. The number of allylic oxidation sites excluding steroid dienone is 5. The van der Waals surface area contributed by atoms with Crippen LogP contribution in [0.25, 0.3) is 0 Å². The van der Waals surface area contributed by atoms with Crippen molar-refractivity contribution in [1.82, 2.24) is 0 Å². The number of rotatable bonds is 8. The number of hydrogen-bond donors (Lipinski definition) is 1. The summed E-state index contributed by atoms with van der Waals surface area (Å²) in [5.74, 6) is 2.02. The molecule has 0 radical (unpaired) electrons. The first kappa shape index (κ1) is 18.2. The number of aliphatic hydroxyl groups is 1. The highest BCUT2D eigenvalue weighted by atomic mass is 16.3. The van der Waals surface area contributed by atoms with E-state index >= 15 is 0 Å². The van der Waals surface area contributed by atoms with Crippen LogP contribution in [-0.2, 0) is 0 Å². The van der Waals surface area contributed by atoms with Gasteiger partial charge in [0.25, 0.3) is 0 Å². The van der Waals surface area contributed by atoms with Gasteiger partial charge in [0.05, 0.1) is 6.10 Å². The van der Waals surface area contributed by atoms with Gasteiger partial charge in [0.1, 0.15) is 0 Å². The van der Waals surface area contributed by atoms with Gasteiger partial charge in [-0.1, -0.05) is 52.0 Å². The summed E-state index contributed by atoms with van der Waals surface area (Å²) in [6, 6.07) is 0. The maximum atomic E-state index is 9.79. The van der Waals surface area contributed by atoms with Gasteiger partial charge < -0.3 is 5.11 Å². The highest BCUT2D eigenvalue weighted by Gasteiger charge is 2.26. The molecular formula is C20H34O. The van der Waals surface area contributed by atoms with Crippen LogP contribution in [-0.4, -0.2) is 11.2 Å². The van der Waals surface area contributed by atoms with Crippen LogP contribution in [0.3, 0.4) is 0 Å². The Balaban J connectivity index is 2.89. The minimum atomic E-state index is -0.157. The van der Waals surface area contributed by atoms with Gasteiger partial charge in [-0.3, -0.25) is 0 Å².